The molecular formula is C2H9Cl2NO5P2. The van der Waals surface area contributed by atoms with Crippen LogP contribution < -0.4 is 5.50 Å². The molecule has 0 fully saturated rings. The van der Waals surface area contributed by atoms with Gasteiger partial charge in [0.1, 0.15) is 0 Å². The zero-order chi connectivity index (χ0) is 10.4. The minimum Gasteiger partial charge on any atom is -0.313 e. The van der Waals surface area contributed by atoms with Crippen LogP contribution in [-0.2, 0) is 13.7 Å². The van der Waals surface area contributed by atoms with Crippen molar-refractivity contribution in [2.45, 2.75) is 6.92 Å². The Hall–Kier alpha value is 0.880. The van der Waals surface area contributed by atoms with Crippen LogP contribution in [0.2, 0.25) is 0 Å². The van der Waals surface area contributed by atoms with E-state index in [2.05, 4.69) is 10.0 Å². The number of rotatable bonds is 2. The molecule has 0 saturated carbocycles. The van der Waals surface area contributed by atoms with Crippen molar-refractivity contribution in [2.24, 2.45) is 5.50 Å². The summed E-state index contributed by atoms with van der Waals surface area (Å²) in [5.41, 5.74) is 4.02. The minimum atomic E-state index is -4.14. The van der Waals surface area contributed by atoms with Gasteiger partial charge in [-0.25, -0.2) is 10.1 Å². The number of nitrogens with two attached hydrogens (primary N) is 1. The first-order chi connectivity index (χ1) is 5.06. The molecule has 0 amide bonds. The molecule has 0 bridgehead atoms. The van der Waals surface area contributed by atoms with Crippen LogP contribution in [0.15, 0.2) is 0 Å². The third-order valence-corrected chi connectivity index (χ3v) is 1.42. The zero-order valence-corrected chi connectivity index (χ0v) is 9.35. The van der Waals surface area contributed by atoms with E-state index in [9.17, 15) is 4.57 Å². The molecule has 0 rings (SSSR count). The second-order valence-electron chi connectivity index (χ2n) is 1.42. The Labute approximate surface area is 79.2 Å². The van der Waals surface area contributed by atoms with Crippen LogP contribution in [0.1, 0.15) is 6.92 Å². The normalized spacial score (nSPS) is 11.8. The van der Waals surface area contributed by atoms with Gasteiger partial charge in [0.15, 0.2) is 0 Å². The lowest BCUT2D eigenvalue weighted by atomic mass is 10.9. The third kappa shape index (κ3) is 44.6. The van der Waals surface area contributed by atoms with Crippen molar-refractivity contribution in [3.8, 4) is 0 Å². The lowest BCUT2D eigenvalue weighted by molar-refractivity contribution is 0.355. The molecule has 0 aromatic heterocycles. The van der Waals surface area contributed by atoms with Crippen LogP contribution in [0.3, 0.4) is 0 Å². The first-order valence-electron chi connectivity index (χ1n) is 2.54. The molecule has 10 heteroatoms. The van der Waals surface area contributed by atoms with E-state index in [1.807, 2.05) is 0 Å². The van der Waals surface area contributed by atoms with E-state index < -0.39 is 13.8 Å². The van der Waals surface area contributed by atoms with E-state index in [1.165, 1.54) is 0 Å². The maximum Gasteiger partial charge on any atom is 0.397 e. The van der Waals surface area contributed by atoms with Gasteiger partial charge >= 0.3 is 13.8 Å². The Kier molecular flexibility index (Phi) is 8.13. The molecule has 12 heavy (non-hydrogen) atoms. The van der Waals surface area contributed by atoms with Crippen molar-refractivity contribution in [3.05, 3.63) is 0 Å². The van der Waals surface area contributed by atoms with E-state index in [4.69, 9.17) is 36.8 Å². The van der Waals surface area contributed by atoms with Crippen molar-refractivity contribution >= 4 is 36.3 Å². The molecular weight excluding hydrogens is 251 g/mol. The van der Waals surface area contributed by atoms with Crippen LogP contribution in [0, 0.1) is 0 Å². The van der Waals surface area contributed by atoms with Crippen molar-refractivity contribution < 1.29 is 23.4 Å². The molecule has 76 valence electrons. The first kappa shape index (κ1) is 15.4. The number of hydrogen-bond donors (Lipinski definition) is 3. The molecule has 0 heterocycles. The van der Waals surface area contributed by atoms with Gasteiger partial charge in [0.05, 0.1) is 6.61 Å². The standard InChI is InChI=1S/C2H5Cl2O2P.H4NO3P/c1-2-6-7(3,4)5;1-5(2,3)4/h2H2,1H3;(H4,1,2,3,4). The maximum atomic E-state index is 10.1. The number of halogens is 2. The summed E-state index contributed by atoms with van der Waals surface area (Å²) in [6.07, 6.45) is -3.22. The van der Waals surface area contributed by atoms with E-state index in [1.54, 1.807) is 6.92 Å². The van der Waals surface area contributed by atoms with Crippen LogP contribution in [-0.4, -0.2) is 16.4 Å². The monoisotopic (exact) mass is 259 g/mol. The minimum absolute atomic E-state index is 0.282. The highest BCUT2D eigenvalue weighted by atomic mass is 35.9. The SMILES string of the molecule is CCOP(=O)(Cl)Cl.NP(=O)(O)O. The summed E-state index contributed by atoms with van der Waals surface area (Å²) >= 11 is 9.86. The molecule has 6 nitrogen and oxygen atoms in total. The molecule has 0 spiro atoms. The summed E-state index contributed by atoms with van der Waals surface area (Å²) in [5.74, 6) is 0. The largest absolute Gasteiger partial charge is 0.397 e. The molecule has 0 aliphatic rings. The average Bonchev–Trinajstić information content (AvgIpc) is 1.54. The molecule has 0 saturated heterocycles. The second kappa shape index (κ2) is 6.35. The molecule has 0 unspecified atom stereocenters. The van der Waals surface area contributed by atoms with Gasteiger partial charge in [-0.3, -0.25) is 4.57 Å². The van der Waals surface area contributed by atoms with Crippen molar-refractivity contribution in [1.82, 2.24) is 0 Å². The quantitative estimate of drug-likeness (QED) is 0.651. The van der Waals surface area contributed by atoms with Gasteiger partial charge in [0.2, 0.25) is 0 Å². The molecule has 0 atom stereocenters. The summed E-state index contributed by atoms with van der Waals surface area (Å²) in [5, 5.41) is 0. The van der Waals surface area contributed by atoms with Gasteiger partial charge in [0, 0.05) is 0 Å². The summed E-state index contributed by atoms with van der Waals surface area (Å²) in [6.45, 7) is 1.95. The van der Waals surface area contributed by atoms with Crippen molar-refractivity contribution in [3.63, 3.8) is 0 Å². The van der Waals surface area contributed by atoms with Gasteiger partial charge in [-0.2, -0.15) is 0 Å². The van der Waals surface area contributed by atoms with Crippen LogP contribution in [0.4, 0.5) is 0 Å². The van der Waals surface area contributed by atoms with Gasteiger partial charge < -0.3 is 14.3 Å². The van der Waals surface area contributed by atoms with E-state index >= 15 is 0 Å². The fraction of sp³-hybridized carbons (Fsp3) is 1.00. The highest BCUT2D eigenvalue weighted by Crippen LogP contribution is 2.57. The molecule has 0 aliphatic heterocycles. The van der Waals surface area contributed by atoms with E-state index in [0.29, 0.717) is 0 Å². The fourth-order valence-corrected chi connectivity index (χ4v) is 1.04. The van der Waals surface area contributed by atoms with Gasteiger partial charge in [0.25, 0.3) is 0 Å². The Morgan fingerprint density at radius 2 is 1.67 bits per heavy atom. The van der Waals surface area contributed by atoms with Crippen LogP contribution >= 0.6 is 36.3 Å². The Morgan fingerprint density at radius 1 is 1.42 bits per heavy atom. The lowest BCUT2D eigenvalue weighted by Gasteiger charge is -1.96. The number of hydrogen-bond acceptors (Lipinski definition) is 3. The smallest absolute Gasteiger partial charge is 0.313 e. The molecule has 0 aromatic carbocycles. The summed E-state index contributed by atoms with van der Waals surface area (Å²) < 4.78 is 23.5. The predicted octanol–water partition coefficient (Wildman–Crippen LogP) is 1.65. The highest BCUT2D eigenvalue weighted by Gasteiger charge is 2.10. The van der Waals surface area contributed by atoms with Crippen LogP contribution in [0.5, 0.6) is 0 Å². The van der Waals surface area contributed by atoms with E-state index in [-0.39, 0.29) is 6.61 Å². The maximum absolute atomic E-state index is 10.1. The summed E-state index contributed by atoms with van der Waals surface area (Å²) in [6, 6.07) is 0. The topological polar surface area (TPSA) is 110 Å². The van der Waals surface area contributed by atoms with E-state index in [0.717, 1.165) is 0 Å². The van der Waals surface area contributed by atoms with Crippen molar-refractivity contribution in [1.29, 1.82) is 0 Å². The zero-order valence-electron chi connectivity index (χ0n) is 6.05. The van der Waals surface area contributed by atoms with Gasteiger partial charge in [-0.05, 0) is 29.4 Å². The Morgan fingerprint density at radius 3 is 1.67 bits per heavy atom. The van der Waals surface area contributed by atoms with Gasteiger partial charge in [-0.15, -0.1) is 0 Å². The second-order valence-corrected chi connectivity index (χ2v) is 6.88. The molecule has 0 radical (unpaired) electrons. The molecule has 4 N–H and O–H groups in total. The first-order valence-corrected chi connectivity index (χ1v) is 7.66. The Bertz CT molecular complexity index is 189. The van der Waals surface area contributed by atoms with Crippen molar-refractivity contribution in [2.75, 3.05) is 6.61 Å². The fourth-order valence-electron chi connectivity index (χ4n) is 0.150. The predicted molar refractivity (Wildman–Crippen MR) is 47.2 cm³/mol. The molecule has 0 aliphatic carbocycles. The van der Waals surface area contributed by atoms with Gasteiger partial charge in [-0.1, -0.05) is 0 Å². The molecule has 0 aromatic rings. The highest BCUT2D eigenvalue weighted by molar-refractivity contribution is 8.05. The summed E-state index contributed by atoms with van der Waals surface area (Å²) in [4.78, 5) is 14.8. The summed E-state index contributed by atoms with van der Waals surface area (Å²) in [7, 11) is -4.14. The Balaban J connectivity index is 0. The average molecular weight is 260 g/mol. The van der Waals surface area contributed by atoms with Crippen LogP contribution in [0.25, 0.3) is 0 Å². The third-order valence-electron chi connectivity index (χ3n) is 0.279. The lowest BCUT2D eigenvalue weighted by Crippen LogP contribution is -1.87.